The van der Waals surface area contributed by atoms with Gasteiger partial charge >= 0.3 is 6.03 Å². The molecule has 1 aliphatic heterocycles. The third kappa shape index (κ3) is 8.76. The maximum absolute atomic E-state index is 11.7. The van der Waals surface area contributed by atoms with Crippen LogP contribution in [0.1, 0.15) is 12.0 Å². The van der Waals surface area contributed by atoms with E-state index in [1.54, 1.807) is 0 Å². The number of nitrogens with one attached hydrogen (secondary N) is 3. The largest absolute Gasteiger partial charge is 0.334 e. The van der Waals surface area contributed by atoms with E-state index in [-0.39, 0.29) is 30.7 Å². The van der Waals surface area contributed by atoms with Crippen molar-refractivity contribution in [3.05, 3.63) is 35.9 Å². The molecule has 0 aliphatic carbocycles. The predicted molar refractivity (Wildman–Crippen MR) is 95.2 cm³/mol. The third-order valence-corrected chi connectivity index (χ3v) is 3.41. The Labute approximate surface area is 149 Å². The number of carbonyl (C=O) groups is 2. The summed E-state index contributed by atoms with van der Waals surface area (Å²) in [7, 11) is 0. The molecule has 6 nitrogen and oxygen atoms in total. The number of rotatable bonds is 5. The second-order valence-corrected chi connectivity index (χ2v) is 5.06. The zero-order chi connectivity index (χ0) is 14.9. The van der Waals surface area contributed by atoms with Gasteiger partial charge in [0, 0.05) is 45.7 Å². The molecule has 1 fully saturated rings. The summed E-state index contributed by atoms with van der Waals surface area (Å²) >= 11 is 0. The minimum Gasteiger partial charge on any atom is -0.334 e. The Morgan fingerprint density at radius 3 is 2.39 bits per heavy atom. The molecular weight excluding hydrogens is 339 g/mol. The highest BCUT2D eigenvalue weighted by Gasteiger charge is 2.12. The lowest BCUT2D eigenvalue weighted by Gasteiger charge is -2.26. The number of hydrogen-bond donors (Lipinski definition) is 3. The first-order chi connectivity index (χ1) is 10.2. The lowest BCUT2D eigenvalue weighted by molar-refractivity contribution is -0.120. The first kappa shape index (κ1) is 21.7. The maximum Gasteiger partial charge on any atom is 0.321 e. The van der Waals surface area contributed by atoms with Crippen LogP contribution in [0.2, 0.25) is 0 Å². The first-order valence-electron chi connectivity index (χ1n) is 7.29. The fraction of sp³-hybridized carbons (Fsp3) is 0.467. The van der Waals surface area contributed by atoms with Crippen molar-refractivity contribution in [2.24, 2.45) is 0 Å². The van der Waals surface area contributed by atoms with Crippen molar-refractivity contribution in [3.63, 3.8) is 0 Å². The molecule has 1 heterocycles. The van der Waals surface area contributed by atoms with Gasteiger partial charge in [0.2, 0.25) is 5.91 Å². The van der Waals surface area contributed by atoms with Gasteiger partial charge < -0.3 is 15.5 Å². The number of nitrogens with zero attached hydrogens (tertiary/aromatic N) is 1. The predicted octanol–water partition coefficient (Wildman–Crippen LogP) is 1.15. The van der Waals surface area contributed by atoms with Crippen LogP contribution >= 0.6 is 24.8 Å². The van der Waals surface area contributed by atoms with Crippen LogP contribution in [0, 0.1) is 0 Å². The highest BCUT2D eigenvalue weighted by molar-refractivity contribution is 5.94. The third-order valence-electron chi connectivity index (χ3n) is 3.41. The van der Waals surface area contributed by atoms with E-state index in [1.165, 1.54) is 0 Å². The van der Waals surface area contributed by atoms with Gasteiger partial charge in [-0.1, -0.05) is 30.3 Å². The molecule has 1 aromatic rings. The first-order valence-corrected chi connectivity index (χ1v) is 7.29. The summed E-state index contributed by atoms with van der Waals surface area (Å²) in [5.74, 6) is -0.237. The van der Waals surface area contributed by atoms with Crippen LogP contribution in [-0.4, -0.2) is 49.6 Å². The van der Waals surface area contributed by atoms with Crippen molar-refractivity contribution in [3.8, 4) is 0 Å². The summed E-state index contributed by atoms with van der Waals surface area (Å²) in [6, 6.07) is 9.15. The average Bonchev–Trinajstić information content (AvgIpc) is 2.53. The lowest BCUT2D eigenvalue weighted by Crippen LogP contribution is -2.45. The summed E-state index contributed by atoms with van der Waals surface area (Å²) in [5, 5.41) is 8.29. The molecule has 23 heavy (non-hydrogen) atoms. The molecule has 1 saturated heterocycles. The van der Waals surface area contributed by atoms with Gasteiger partial charge in [-0.2, -0.15) is 0 Å². The van der Waals surface area contributed by atoms with Gasteiger partial charge in [0.05, 0.1) is 0 Å². The van der Waals surface area contributed by atoms with E-state index in [2.05, 4.69) is 20.9 Å². The molecule has 0 spiro atoms. The van der Waals surface area contributed by atoms with Crippen molar-refractivity contribution in [1.29, 1.82) is 0 Å². The van der Waals surface area contributed by atoms with Crippen LogP contribution in [-0.2, 0) is 11.3 Å². The van der Waals surface area contributed by atoms with Crippen LogP contribution in [0.15, 0.2) is 30.3 Å². The highest BCUT2D eigenvalue weighted by Crippen LogP contribution is 1.97. The molecular formula is C15H24Cl2N4O2. The second-order valence-electron chi connectivity index (χ2n) is 5.06. The molecule has 0 aromatic heterocycles. The Bertz CT molecular complexity index is 468. The number of amides is 3. The van der Waals surface area contributed by atoms with Crippen LogP contribution in [0.25, 0.3) is 0 Å². The Balaban J connectivity index is 0.00000242. The number of hydrogen-bond acceptors (Lipinski definition) is 4. The molecule has 130 valence electrons. The van der Waals surface area contributed by atoms with Crippen LogP contribution in [0.4, 0.5) is 4.79 Å². The number of imide groups is 1. The maximum atomic E-state index is 11.7. The van der Waals surface area contributed by atoms with Gasteiger partial charge in [0.15, 0.2) is 0 Å². The van der Waals surface area contributed by atoms with Crippen molar-refractivity contribution in [2.45, 2.75) is 13.0 Å². The standard InChI is InChI=1S/C15H22N4O2.2ClH/c20-14(6-9-19-10-7-16-8-11-19)18-15(21)17-12-13-4-2-1-3-5-13;;/h1-5,16H,6-12H2,(H2,17,18,20,21);2*1H. The van der Waals surface area contributed by atoms with Crippen LogP contribution < -0.4 is 16.0 Å². The van der Waals surface area contributed by atoms with Gasteiger partial charge in [-0.05, 0) is 5.56 Å². The number of halogens is 2. The van der Waals surface area contributed by atoms with Crippen molar-refractivity contribution < 1.29 is 9.59 Å². The van der Waals surface area contributed by atoms with E-state index in [0.29, 0.717) is 19.5 Å². The average molecular weight is 363 g/mol. The molecule has 3 N–H and O–H groups in total. The van der Waals surface area contributed by atoms with Crippen LogP contribution in [0.3, 0.4) is 0 Å². The molecule has 0 unspecified atom stereocenters. The Morgan fingerprint density at radius 2 is 1.74 bits per heavy atom. The summed E-state index contributed by atoms with van der Waals surface area (Å²) < 4.78 is 0. The SMILES string of the molecule is Cl.Cl.O=C(CCN1CCNCC1)NC(=O)NCc1ccccc1. The van der Waals surface area contributed by atoms with Gasteiger partial charge in [-0.3, -0.25) is 10.1 Å². The van der Waals surface area contributed by atoms with E-state index in [4.69, 9.17) is 0 Å². The van der Waals surface area contributed by atoms with E-state index >= 15 is 0 Å². The molecule has 2 rings (SSSR count). The van der Waals surface area contributed by atoms with Gasteiger partial charge in [-0.15, -0.1) is 24.8 Å². The van der Waals surface area contributed by atoms with Gasteiger partial charge in [-0.25, -0.2) is 4.79 Å². The summed E-state index contributed by atoms with van der Waals surface area (Å²) in [4.78, 5) is 25.5. The minimum atomic E-state index is -0.441. The second kappa shape index (κ2) is 12.1. The smallest absolute Gasteiger partial charge is 0.321 e. The van der Waals surface area contributed by atoms with Gasteiger partial charge in [0.1, 0.15) is 0 Å². The van der Waals surface area contributed by atoms with E-state index in [0.717, 1.165) is 31.7 Å². The van der Waals surface area contributed by atoms with E-state index in [9.17, 15) is 9.59 Å². The minimum absolute atomic E-state index is 0. The Kier molecular flexibility index (Phi) is 11.4. The molecule has 1 aromatic carbocycles. The topological polar surface area (TPSA) is 73.5 Å². The van der Waals surface area contributed by atoms with Gasteiger partial charge in [0.25, 0.3) is 0 Å². The molecule has 0 atom stereocenters. The number of urea groups is 1. The number of carbonyl (C=O) groups excluding carboxylic acids is 2. The monoisotopic (exact) mass is 362 g/mol. The van der Waals surface area contributed by atoms with Crippen LogP contribution in [0.5, 0.6) is 0 Å². The Hall–Kier alpha value is -1.34. The fourth-order valence-electron chi connectivity index (χ4n) is 2.21. The molecule has 0 saturated carbocycles. The summed E-state index contributed by atoms with van der Waals surface area (Å²) in [6.07, 6.45) is 0.346. The van der Waals surface area contributed by atoms with Crippen molar-refractivity contribution >= 4 is 36.8 Å². The van der Waals surface area contributed by atoms with E-state index < -0.39 is 6.03 Å². The zero-order valence-corrected chi connectivity index (χ0v) is 14.5. The fourth-order valence-corrected chi connectivity index (χ4v) is 2.21. The normalized spacial score (nSPS) is 14.1. The number of piperazine rings is 1. The quantitative estimate of drug-likeness (QED) is 0.734. The highest BCUT2D eigenvalue weighted by atomic mass is 35.5. The zero-order valence-electron chi connectivity index (χ0n) is 12.9. The van der Waals surface area contributed by atoms with Crippen molar-refractivity contribution in [1.82, 2.24) is 20.9 Å². The lowest BCUT2D eigenvalue weighted by atomic mass is 10.2. The molecule has 8 heteroatoms. The summed E-state index contributed by atoms with van der Waals surface area (Å²) in [5.41, 5.74) is 1.00. The van der Waals surface area contributed by atoms with E-state index in [1.807, 2.05) is 30.3 Å². The molecule has 0 radical (unpaired) electrons. The molecule has 3 amide bonds. The summed E-state index contributed by atoms with van der Waals surface area (Å²) in [6.45, 7) is 4.93. The van der Waals surface area contributed by atoms with Crippen molar-refractivity contribution in [2.75, 3.05) is 32.7 Å². The number of benzene rings is 1. The molecule has 1 aliphatic rings. The molecule has 0 bridgehead atoms. The Morgan fingerprint density at radius 1 is 1.09 bits per heavy atom.